The van der Waals surface area contributed by atoms with Gasteiger partial charge in [0, 0.05) is 17.1 Å². The van der Waals surface area contributed by atoms with Gasteiger partial charge < -0.3 is 14.8 Å². The maximum absolute atomic E-state index is 12.0. The zero-order valence-electron chi connectivity index (χ0n) is 12.6. The van der Waals surface area contributed by atoms with Gasteiger partial charge in [-0.2, -0.15) is 0 Å². The standard InChI is InChI=1S/C17H18BrNO3/c1-21-15-7-13(8-16(10-15)22-2)11-19-17(20)9-12-3-5-14(18)6-4-12/h3-8,10H,9,11H2,1-2H3,(H,19,20). The lowest BCUT2D eigenvalue weighted by molar-refractivity contribution is -0.120. The van der Waals surface area contributed by atoms with E-state index in [4.69, 9.17) is 9.47 Å². The van der Waals surface area contributed by atoms with Gasteiger partial charge in [-0.3, -0.25) is 4.79 Å². The lowest BCUT2D eigenvalue weighted by Gasteiger charge is -2.10. The lowest BCUT2D eigenvalue weighted by Crippen LogP contribution is -2.24. The molecule has 0 radical (unpaired) electrons. The number of amides is 1. The first-order chi connectivity index (χ1) is 10.6. The summed E-state index contributed by atoms with van der Waals surface area (Å²) in [7, 11) is 3.20. The molecule has 2 aromatic rings. The molecule has 0 aromatic heterocycles. The molecule has 0 aliphatic rings. The van der Waals surface area contributed by atoms with Crippen molar-refractivity contribution in [1.82, 2.24) is 5.32 Å². The number of hydrogen-bond donors (Lipinski definition) is 1. The van der Waals surface area contributed by atoms with Crippen LogP contribution in [0.3, 0.4) is 0 Å². The van der Waals surface area contributed by atoms with Gasteiger partial charge >= 0.3 is 0 Å². The molecule has 0 heterocycles. The molecule has 0 fully saturated rings. The summed E-state index contributed by atoms with van der Waals surface area (Å²) >= 11 is 3.38. The lowest BCUT2D eigenvalue weighted by atomic mass is 10.1. The van der Waals surface area contributed by atoms with Crippen molar-refractivity contribution in [3.8, 4) is 11.5 Å². The zero-order valence-corrected chi connectivity index (χ0v) is 14.1. The van der Waals surface area contributed by atoms with E-state index in [2.05, 4.69) is 21.2 Å². The van der Waals surface area contributed by atoms with Gasteiger partial charge in [0.2, 0.25) is 5.91 Å². The predicted molar refractivity (Wildman–Crippen MR) is 89.2 cm³/mol. The molecule has 0 aliphatic carbocycles. The van der Waals surface area contributed by atoms with E-state index in [1.807, 2.05) is 36.4 Å². The maximum atomic E-state index is 12.0. The highest BCUT2D eigenvalue weighted by Gasteiger charge is 2.06. The van der Waals surface area contributed by atoms with E-state index in [0.717, 1.165) is 15.6 Å². The van der Waals surface area contributed by atoms with Crippen LogP contribution in [-0.4, -0.2) is 20.1 Å². The second kappa shape index (κ2) is 7.84. The number of carbonyl (C=O) groups is 1. The molecule has 1 N–H and O–H groups in total. The SMILES string of the molecule is COc1cc(CNC(=O)Cc2ccc(Br)cc2)cc(OC)c1. The van der Waals surface area contributed by atoms with E-state index in [1.54, 1.807) is 20.3 Å². The molecule has 2 rings (SSSR count). The highest BCUT2D eigenvalue weighted by Crippen LogP contribution is 2.22. The van der Waals surface area contributed by atoms with Crippen LogP contribution in [0.1, 0.15) is 11.1 Å². The van der Waals surface area contributed by atoms with Crippen molar-refractivity contribution < 1.29 is 14.3 Å². The van der Waals surface area contributed by atoms with Gasteiger partial charge in [-0.15, -0.1) is 0 Å². The summed E-state index contributed by atoms with van der Waals surface area (Å²) in [5.41, 5.74) is 1.91. The van der Waals surface area contributed by atoms with Crippen LogP contribution in [0.5, 0.6) is 11.5 Å². The molecule has 5 heteroatoms. The summed E-state index contributed by atoms with van der Waals surface area (Å²) in [4.78, 5) is 12.0. The summed E-state index contributed by atoms with van der Waals surface area (Å²) < 4.78 is 11.4. The average Bonchev–Trinajstić information content (AvgIpc) is 2.54. The van der Waals surface area contributed by atoms with Crippen molar-refractivity contribution in [3.63, 3.8) is 0 Å². The number of benzene rings is 2. The number of ether oxygens (including phenoxy) is 2. The topological polar surface area (TPSA) is 47.6 Å². The van der Waals surface area contributed by atoms with Gasteiger partial charge in [-0.1, -0.05) is 28.1 Å². The van der Waals surface area contributed by atoms with Crippen LogP contribution < -0.4 is 14.8 Å². The van der Waals surface area contributed by atoms with Crippen LogP contribution in [0, 0.1) is 0 Å². The smallest absolute Gasteiger partial charge is 0.224 e. The number of carbonyl (C=O) groups excluding carboxylic acids is 1. The van der Waals surface area contributed by atoms with Crippen LogP contribution in [0.25, 0.3) is 0 Å². The van der Waals surface area contributed by atoms with Gasteiger partial charge in [0.1, 0.15) is 11.5 Å². The number of methoxy groups -OCH3 is 2. The Morgan fingerprint density at radius 2 is 1.59 bits per heavy atom. The third-order valence-electron chi connectivity index (χ3n) is 3.18. The summed E-state index contributed by atoms with van der Waals surface area (Å²) in [5, 5.41) is 2.90. The minimum absolute atomic E-state index is 0.0240. The molecule has 1 amide bonds. The Morgan fingerprint density at radius 3 is 2.14 bits per heavy atom. The average molecular weight is 364 g/mol. The second-order valence-corrected chi connectivity index (χ2v) is 5.72. The molecule has 0 spiro atoms. The van der Waals surface area contributed by atoms with Crippen LogP contribution >= 0.6 is 15.9 Å². The fourth-order valence-corrected chi connectivity index (χ4v) is 2.28. The van der Waals surface area contributed by atoms with E-state index in [0.29, 0.717) is 24.5 Å². The number of nitrogens with one attached hydrogen (secondary N) is 1. The van der Waals surface area contributed by atoms with Crippen molar-refractivity contribution in [3.05, 3.63) is 58.1 Å². The van der Waals surface area contributed by atoms with Crippen molar-refractivity contribution in [1.29, 1.82) is 0 Å². The maximum Gasteiger partial charge on any atom is 0.224 e. The molecular weight excluding hydrogens is 346 g/mol. The van der Waals surface area contributed by atoms with Crippen molar-refractivity contribution in [2.45, 2.75) is 13.0 Å². The van der Waals surface area contributed by atoms with E-state index in [1.165, 1.54) is 0 Å². The van der Waals surface area contributed by atoms with Gasteiger partial charge in [-0.25, -0.2) is 0 Å². The second-order valence-electron chi connectivity index (χ2n) is 4.80. The quantitative estimate of drug-likeness (QED) is 0.856. The summed E-state index contributed by atoms with van der Waals surface area (Å²) in [6, 6.07) is 13.3. The predicted octanol–water partition coefficient (Wildman–Crippen LogP) is 3.33. The van der Waals surface area contributed by atoms with Crippen LogP contribution in [0.2, 0.25) is 0 Å². The highest BCUT2D eigenvalue weighted by atomic mass is 79.9. The molecule has 0 atom stereocenters. The Morgan fingerprint density at radius 1 is 1.00 bits per heavy atom. The molecule has 116 valence electrons. The third-order valence-corrected chi connectivity index (χ3v) is 3.71. The van der Waals surface area contributed by atoms with Crippen molar-refractivity contribution in [2.24, 2.45) is 0 Å². The molecule has 4 nitrogen and oxygen atoms in total. The van der Waals surface area contributed by atoms with E-state index >= 15 is 0 Å². The minimum Gasteiger partial charge on any atom is -0.497 e. The molecule has 0 aliphatic heterocycles. The van der Waals surface area contributed by atoms with E-state index in [-0.39, 0.29) is 5.91 Å². The minimum atomic E-state index is -0.0240. The Balaban J connectivity index is 1.94. The monoisotopic (exact) mass is 363 g/mol. The van der Waals surface area contributed by atoms with E-state index in [9.17, 15) is 4.79 Å². The summed E-state index contributed by atoms with van der Waals surface area (Å²) in [6.45, 7) is 0.433. The Labute approximate surface area is 138 Å². The van der Waals surface area contributed by atoms with Gasteiger partial charge in [-0.05, 0) is 35.4 Å². The number of rotatable bonds is 6. The Hall–Kier alpha value is -2.01. The first-order valence-electron chi connectivity index (χ1n) is 6.84. The summed E-state index contributed by atoms with van der Waals surface area (Å²) in [5.74, 6) is 1.39. The Kier molecular flexibility index (Phi) is 5.83. The normalized spacial score (nSPS) is 10.1. The molecule has 2 aromatic carbocycles. The zero-order chi connectivity index (χ0) is 15.9. The Bertz CT molecular complexity index is 619. The van der Waals surface area contributed by atoms with Gasteiger partial charge in [0.25, 0.3) is 0 Å². The summed E-state index contributed by atoms with van der Waals surface area (Å²) in [6.07, 6.45) is 0.356. The molecule has 0 saturated heterocycles. The molecule has 22 heavy (non-hydrogen) atoms. The van der Waals surface area contributed by atoms with Gasteiger partial charge in [0.15, 0.2) is 0 Å². The molecule has 0 bridgehead atoms. The van der Waals surface area contributed by atoms with Crippen LogP contribution in [-0.2, 0) is 17.8 Å². The first-order valence-corrected chi connectivity index (χ1v) is 7.63. The first kappa shape index (κ1) is 16.4. The van der Waals surface area contributed by atoms with Crippen LogP contribution in [0.15, 0.2) is 46.9 Å². The molecule has 0 unspecified atom stereocenters. The van der Waals surface area contributed by atoms with Crippen molar-refractivity contribution >= 4 is 21.8 Å². The largest absolute Gasteiger partial charge is 0.497 e. The third kappa shape index (κ3) is 4.77. The van der Waals surface area contributed by atoms with Crippen molar-refractivity contribution in [2.75, 3.05) is 14.2 Å². The number of hydrogen-bond acceptors (Lipinski definition) is 3. The fraction of sp³-hybridized carbons (Fsp3) is 0.235. The fourth-order valence-electron chi connectivity index (χ4n) is 2.02. The number of halogens is 1. The molecule has 0 saturated carbocycles. The molecular formula is C17H18BrNO3. The van der Waals surface area contributed by atoms with E-state index < -0.39 is 0 Å². The highest BCUT2D eigenvalue weighted by molar-refractivity contribution is 9.10. The van der Waals surface area contributed by atoms with Crippen LogP contribution in [0.4, 0.5) is 0 Å². The van der Waals surface area contributed by atoms with Gasteiger partial charge in [0.05, 0.1) is 20.6 Å².